The minimum Gasteiger partial charge on any atom is -0.310 e. The summed E-state index contributed by atoms with van der Waals surface area (Å²) in [5.74, 6) is 0.773. The van der Waals surface area contributed by atoms with E-state index in [-0.39, 0.29) is 11.0 Å². The van der Waals surface area contributed by atoms with Gasteiger partial charge in [0, 0.05) is 43.1 Å². The molecule has 1 aliphatic heterocycles. The summed E-state index contributed by atoms with van der Waals surface area (Å²) < 4.78 is 0. The number of fused-ring (bicyclic) bond motifs is 2. The number of hydrogen-bond acceptors (Lipinski definition) is 4. The summed E-state index contributed by atoms with van der Waals surface area (Å²) >= 11 is 0. The zero-order valence-electron chi connectivity index (χ0n) is 15.5. The Labute approximate surface area is 153 Å². The molecular weight excluding hydrogens is 324 g/mol. The van der Waals surface area contributed by atoms with Crippen LogP contribution in [0, 0.1) is 0 Å². The molecule has 0 saturated carbocycles. The molecule has 2 aromatic heterocycles. The Balaban J connectivity index is 1.62. The van der Waals surface area contributed by atoms with Crippen LogP contribution in [-0.2, 0) is 24.9 Å². The van der Waals surface area contributed by atoms with Gasteiger partial charge >= 0.3 is 0 Å². The van der Waals surface area contributed by atoms with Crippen molar-refractivity contribution in [2.45, 2.75) is 45.7 Å². The minimum absolute atomic E-state index is 0.00390. The molecule has 5 nitrogen and oxygen atoms in total. The van der Waals surface area contributed by atoms with Gasteiger partial charge in [0.25, 0.3) is 5.56 Å². The third kappa shape index (κ3) is 3.15. The third-order valence-electron chi connectivity index (χ3n) is 4.99. The van der Waals surface area contributed by atoms with Gasteiger partial charge in [0.2, 0.25) is 0 Å². The van der Waals surface area contributed by atoms with Crippen LogP contribution in [0.5, 0.6) is 0 Å². The third-order valence-corrected chi connectivity index (χ3v) is 4.99. The van der Waals surface area contributed by atoms with E-state index in [9.17, 15) is 4.79 Å². The highest BCUT2D eigenvalue weighted by Crippen LogP contribution is 2.23. The van der Waals surface area contributed by atoms with E-state index >= 15 is 0 Å². The van der Waals surface area contributed by atoms with E-state index in [1.54, 1.807) is 0 Å². The van der Waals surface area contributed by atoms with Crippen molar-refractivity contribution in [2.24, 2.45) is 0 Å². The number of H-pyrrole nitrogens is 1. The molecule has 1 aliphatic rings. The standard InChI is InChI=1S/C21H24N4O/c1-21(2,3)20-23-18-9-11-25(13-16(18)19(26)24-20)12-14-8-10-22-17-7-5-4-6-15(14)17/h4-8,10H,9,11-13H2,1-3H3,(H,23,24,26). The lowest BCUT2D eigenvalue weighted by molar-refractivity contribution is 0.241. The second-order valence-corrected chi connectivity index (χ2v) is 8.04. The molecule has 134 valence electrons. The van der Waals surface area contributed by atoms with E-state index in [2.05, 4.69) is 47.8 Å². The number of aromatic amines is 1. The Morgan fingerprint density at radius 1 is 1.19 bits per heavy atom. The van der Waals surface area contributed by atoms with E-state index in [1.165, 1.54) is 10.9 Å². The Kier molecular flexibility index (Phi) is 4.11. The number of benzene rings is 1. The van der Waals surface area contributed by atoms with Crippen molar-refractivity contribution in [2.75, 3.05) is 6.54 Å². The molecule has 4 rings (SSSR count). The molecular formula is C21H24N4O. The van der Waals surface area contributed by atoms with Crippen molar-refractivity contribution in [3.05, 3.63) is 69.5 Å². The molecule has 3 aromatic rings. The lowest BCUT2D eigenvalue weighted by atomic mass is 9.95. The Morgan fingerprint density at radius 2 is 2.00 bits per heavy atom. The molecule has 0 aliphatic carbocycles. The summed E-state index contributed by atoms with van der Waals surface area (Å²) in [6, 6.07) is 10.3. The number of rotatable bonds is 2. The number of hydrogen-bond donors (Lipinski definition) is 1. The van der Waals surface area contributed by atoms with E-state index in [1.807, 2.05) is 24.4 Å². The zero-order chi connectivity index (χ0) is 18.3. The summed E-state index contributed by atoms with van der Waals surface area (Å²) in [5.41, 5.74) is 3.87. The highest BCUT2D eigenvalue weighted by Gasteiger charge is 2.25. The first kappa shape index (κ1) is 16.9. The Hall–Kier alpha value is -2.53. The van der Waals surface area contributed by atoms with Crippen molar-refractivity contribution < 1.29 is 0 Å². The lowest BCUT2D eigenvalue weighted by Crippen LogP contribution is -2.37. The van der Waals surface area contributed by atoms with Crippen LogP contribution >= 0.6 is 0 Å². The van der Waals surface area contributed by atoms with Crippen molar-refractivity contribution in [1.82, 2.24) is 19.9 Å². The predicted octanol–water partition coefficient (Wildman–Crippen LogP) is 3.17. The van der Waals surface area contributed by atoms with Crippen LogP contribution in [-0.4, -0.2) is 26.4 Å². The topological polar surface area (TPSA) is 61.9 Å². The second kappa shape index (κ2) is 6.32. The number of para-hydroxylation sites is 1. The first-order valence-corrected chi connectivity index (χ1v) is 9.09. The largest absolute Gasteiger partial charge is 0.310 e. The van der Waals surface area contributed by atoms with Crippen LogP contribution in [0.15, 0.2) is 41.3 Å². The van der Waals surface area contributed by atoms with E-state index in [4.69, 9.17) is 4.98 Å². The van der Waals surface area contributed by atoms with Gasteiger partial charge in [-0.1, -0.05) is 39.0 Å². The average molecular weight is 348 g/mol. The molecule has 0 radical (unpaired) electrons. The number of aromatic nitrogens is 3. The highest BCUT2D eigenvalue weighted by molar-refractivity contribution is 5.81. The molecule has 0 spiro atoms. The van der Waals surface area contributed by atoms with Gasteiger partial charge in [0.1, 0.15) is 5.82 Å². The fourth-order valence-corrected chi connectivity index (χ4v) is 3.50. The van der Waals surface area contributed by atoms with Crippen LogP contribution < -0.4 is 5.56 Å². The first-order valence-electron chi connectivity index (χ1n) is 9.09. The van der Waals surface area contributed by atoms with Crippen LogP contribution in [0.1, 0.15) is 43.4 Å². The van der Waals surface area contributed by atoms with Gasteiger partial charge in [-0.2, -0.15) is 0 Å². The van der Waals surface area contributed by atoms with Gasteiger partial charge < -0.3 is 4.98 Å². The zero-order valence-corrected chi connectivity index (χ0v) is 15.5. The molecule has 0 unspecified atom stereocenters. The summed E-state index contributed by atoms with van der Waals surface area (Å²) in [6.07, 6.45) is 2.67. The van der Waals surface area contributed by atoms with E-state index in [0.29, 0.717) is 6.54 Å². The second-order valence-electron chi connectivity index (χ2n) is 8.04. The molecule has 0 fully saturated rings. The molecule has 5 heteroatoms. The molecule has 26 heavy (non-hydrogen) atoms. The number of pyridine rings is 1. The Morgan fingerprint density at radius 3 is 2.81 bits per heavy atom. The maximum absolute atomic E-state index is 12.6. The number of nitrogens with one attached hydrogen (secondary N) is 1. The smallest absolute Gasteiger partial charge is 0.255 e. The van der Waals surface area contributed by atoms with Crippen LogP contribution in [0.4, 0.5) is 0 Å². The first-order chi connectivity index (χ1) is 12.4. The van der Waals surface area contributed by atoms with Gasteiger partial charge in [0.15, 0.2) is 0 Å². The monoisotopic (exact) mass is 348 g/mol. The van der Waals surface area contributed by atoms with Gasteiger partial charge in [-0.3, -0.25) is 14.7 Å². The fourth-order valence-electron chi connectivity index (χ4n) is 3.50. The fraction of sp³-hybridized carbons (Fsp3) is 0.381. The SMILES string of the molecule is CC(C)(C)c1nc2c(c(=O)[nH]1)CN(Cc1ccnc3ccccc13)CC2. The van der Waals surface area contributed by atoms with Crippen molar-refractivity contribution in [3.8, 4) is 0 Å². The number of nitrogens with zero attached hydrogens (tertiary/aromatic N) is 3. The van der Waals surface area contributed by atoms with E-state index < -0.39 is 0 Å². The maximum Gasteiger partial charge on any atom is 0.255 e. The van der Waals surface area contributed by atoms with Crippen molar-refractivity contribution >= 4 is 10.9 Å². The average Bonchev–Trinajstić information content (AvgIpc) is 2.61. The summed E-state index contributed by atoms with van der Waals surface area (Å²) in [7, 11) is 0. The van der Waals surface area contributed by atoms with Crippen LogP contribution in [0.2, 0.25) is 0 Å². The normalized spacial score (nSPS) is 15.2. The highest BCUT2D eigenvalue weighted by atomic mass is 16.1. The molecule has 1 aromatic carbocycles. The molecule has 0 saturated heterocycles. The summed E-state index contributed by atoms with van der Waals surface area (Å²) in [6.45, 7) is 8.56. The quantitative estimate of drug-likeness (QED) is 0.773. The molecule has 0 amide bonds. The van der Waals surface area contributed by atoms with Gasteiger partial charge in [-0.25, -0.2) is 4.98 Å². The summed E-state index contributed by atoms with van der Waals surface area (Å²) in [5, 5.41) is 1.18. The van der Waals surface area contributed by atoms with Crippen LogP contribution in [0.3, 0.4) is 0 Å². The van der Waals surface area contributed by atoms with Crippen molar-refractivity contribution in [1.29, 1.82) is 0 Å². The minimum atomic E-state index is -0.152. The van der Waals surface area contributed by atoms with Crippen LogP contribution in [0.25, 0.3) is 10.9 Å². The molecule has 1 N–H and O–H groups in total. The maximum atomic E-state index is 12.6. The van der Waals surface area contributed by atoms with Gasteiger partial charge in [-0.15, -0.1) is 0 Å². The Bertz CT molecular complexity index is 1010. The lowest BCUT2D eigenvalue weighted by Gasteiger charge is -2.29. The van der Waals surface area contributed by atoms with Gasteiger partial charge in [0.05, 0.1) is 16.8 Å². The molecule has 0 atom stereocenters. The molecule has 3 heterocycles. The van der Waals surface area contributed by atoms with Gasteiger partial charge in [-0.05, 0) is 17.7 Å². The molecule has 0 bridgehead atoms. The van der Waals surface area contributed by atoms with E-state index in [0.717, 1.165) is 42.1 Å². The summed E-state index contributed by atoms with van der Waals surface area (Å²) in [4.78, 5) is 27.1. The predicted molar refractivity (Wildman–Crippen MR) is 103 cm³/mol. The van der Waals surface area contributed by atoms with Crippen molar-refractivity contribution in [3.63, 3.8) is 0 Å².